The van der Waals surface area contributed by atoms with Gasteiger partial charge in [-0.2, -0.15) is 5.26 Å². The Kier molecular flexibility index (Phi) is 4.14. The van der Waals surface area contributed by atoms with Crippen molar-refractivity contribution in [2.75, 3.05) is 6.54 Å². The molecule has 0 unspecified atom stereocenters. The molecule has 1 aliphatic heterocycles. The second-order valence-electron chi connectivity index (χ2n) is 6.34. The predicted molar refractivity (Wildman–Crippen MR) is 106 cm³/mol. The van der Waals surface area contributed by atoms with Crippen LogP contribution in [0.4, 0.5) is 0 Å². The molecule has 1 N–H and O–H groups in total. The van der Waals surface area contributed by atoms with E-state index in [9.17, 15) is 10.4 Å². The number of hydrogen-bond donors (Lipinski definition) is 1. The zero-order valence-electron chi connectivity index (χ0n) is 14.1. The van der Waals surface area contributed by atoms with Crippen molar-refractivity contribution >= 4 is 40.3 Å². The maximum absolute atomic E-state index is 10.7. The maximum Gasteiger partial charge on any atom is 0.143 e. The van der Waals surface area contributed by atoms with Crippen LogP contribution in [0.1, 0.15) is 23.2 Å². The van der Waals surface area contributed by atoms with Gasteiger partial charge in [-0.1, -0.05) is 29.3 Å². The standard InChI is InChI=1S/C20H15Cl2N3O/c1-11-17-10-24-5-2-6-25(17)19-14(7-13(9-23)20(26)18(11)19)12-3-4-15(21)16(22)8-12/h3-4,7-8,10,26H,2,5-6H2,1H3. The molecule has 4 rings (SSSR count). The quantitative estimate of drug-likeness (QED) is 0.617. The van der Waals surface area contributed by atoms with E-state index in [4.69, 9.17) is 23.2 Å². The summed E-state index contributed by atoms with van der Waals surface area (Å²) in [6.07, 6.45) is 2.76. The van der Waals surface area contributed by atoms with Crippen LogP contribution in [0.25, 0.3) is 22.0 Å². The number of aliphatic imine (C=N–C) groups is 1. The molecule has 1 aliphatic rings. The number of phenols is 1. The molecule has 130 valence electrons. The third-order valence-corrected chi connectivity index (χ3v) is 5.57. The van der Waals surface area contributed by atoms with Gasteiger partial charge in [0.2, 0.25) is 0 Å². The Morgan fingerprint density at radius 1 is 1.23 bits per heavy atom. The molecule has 26 heavy (non-hydrogen) atoms. The number of aromatic hydroxyl groups is 1. The van der Waals surface area contributed by atoms with Crippen LogP contribution in [0, 0.1) is 18.3 Å². The molecule has 4 nitrogen and oxygen atoms in total. The van der Waals surface area contributed by atoms with E-state index in [1.54, 1.807) is 18.2 Å². The molecule has 0 aliphatic carbocycles. The minimum absolute atomic E-state index is 0.0118. The monoisotopic (exact) mass is 383 g/mol. The van der Waals surface area contributed by atoms with Gasteiger partial charge in [-0.3, -0.25) is 4.99 Å². The van der Waals surface area contributed by atoms with Crippen LogP contribution >= 0.6 is 23.2 Å². The zero-order valence-corrected chi connectivity index (χ0v) is 15.6. The number of benzene rings is 2. The van der Waals surface area contributed by atoms with Crippen molar-refractivity contribution in [3.8, 4) is 22.9 Å². The summed E-state index contributed by atoms with van der Waals surface area (Å²) in [5.74, 6) is 0.0118. The Bertz CT molecular complexity index is 1120. The molecule has 0 atom stereocenters. The van der Waals surface area contributed by atoms with E-state index in [0.717, 1.165) is 47.4 Å². The first-order valence-corrected chi connectivity index (χ1v) is 9.02. The fourth-order valence-electron chi connectivity index (χ4n) is 3.59. The largest absolute Gasteiger partial charge is 0.506 e. The maximum atomic E-state index is 10.7. The lowest BCUT2D eigenvalue weighted by Gasteiger charge is -2.13. The first-order valence-electron chi connectivity index (χ1n) is 8.27. The third kappa shape index (κ3) is 2.47. The number of halogens is 2. The molecule has 0 saturated carbocycles. The van der Waals surface area contributed by atoms with E-state index in [-0.39, 0.29) is 11.3 Å². The summed E-state index contributed by atoms with van der Waals surface area (Å²) in [4.78, 5) is 4.44. The highest BCUT2D eigenvalue weighted by Crippen LogP contribution is 2.42. The van der Waals surface area contributed by atoms with Crippen LogP contribution in [0.15, 0.2) is 29.3 Å². The summed E-state index contributed by atoms with van der Waals surface area (Å²) in [6.45, 7) is 3.51. The van der Waals surface area contributed by atoms with E-state index in [1.165, 1.54) is 0 Å². The Morgan fingerprint density at radius 3 is 2.77 bits per heavy atom. The average molecular weight is 384 g/mol. The van der Waals surface area contributed by atoms with Gasteiger partial charge in [-0.25, -0.2) is 0 Å². The first-order chi connectivity index (χ1) is 12.5. The van der Waals surface area contributed by atoms with Crippen molar-refractivity contribution in [1.82, 2.24) is 4.57 Å². The normalized spacial score (nSPS) is 13.5. The van der Waals surface area contributed by atoms with E-state index in [2.05, 4.69) is 15.6 Å². The van der Waals surface area contributed by atoms with Gasteiger partial charge in [-0.05, 0) is 42.7 Å². The van der Waals surface area contributed by atoms with Crippen LogP contribution < -0.4 is 0 Å². The number of nitriles is 1. The molecule has 1 aromatic heterocycles. The molecule has 0 amide bonds. The van der Waals surface area contributed by atoms with Crippen molar-refractivity contribution in [3.05, 3.63) is 51.1 Å². The zero-order chi connectivity index (χ0) is 18.4. The summed E-state index contributed by atoms with van der Waals surface area (Å²) in [5.41, 5.74) is 4.70. The van der Waals surface area contributed by atoms with Crippen molar-refractivity contribution in [2.24, 2.45) is 4.99 Å². The van der Waals surface area contributed by atoms with E-state index in [1.807, 2.05) is 19.2 Å². The van der Waals surface area contributed by atoms with Crippen LogP contribution in [-0.4, -0.2) is 22.4 Å². The summed E-state index contributed by atoms with van der Waals surface area (Å²) in [6, 6.07) is 9.21. The van der Waals surface area contributed by atoms with Crippen LogP contribution in [0.2, 0.25) is 10.0 Å². The summed E-state index contributed by atoms with van der Waals surface area (Å²) in [5, 5.41) is 21.8. The molecule has 6 heteroatoms. The second-order valence-corrected chi connectivity index (χ2v) is 7.15. The molecule has 3 aromatic rings. The number of fused-ring (bicyclic) bond motifs is 3. The van der Waals surface area contributed by atoms with E-state index < -0.39 is 0 Å². The van der Waals surface area contributed by atoms with Crippen LogP contribution in [0.5, 0.6) is 5.75 Å². The Labute approximate surface area is 160 Å². The molecule has 0 radical (unpaired) electrons. The van der Waals surface area contributed by atoms with Crippen molar-refractivity contribution in [3.63, 3.8) is 0 Å². The second kappa shape index (κ2) is 6.35. The molecular formula is C20H15Cl2N3O. The fourth-order valence-corrected chi connectivity index (χ4v) is 3.89. The van der Waals surface area contributed by atoms with E-state index in [0.29, 0.717) is 15.4 Å². The van der Waals surface area contributed by atoms with Gasteiger partial charge < -0.3 is 9.67 Å². The van der Waals surface area contributed by atoms with Crippen LogP contribution in [-0.2, 0) is 6.54 Å². The lowest BCUT2D eigenvalue weighted by Crippen LogP contribution is -2.02. The Balaban J connectivity index is 2.16. The van der Waals surface area contributed by atoms with Crippen molar-refractivity contribution in [2.45, 2.75) is 19.9 Å². The number of rotatable bonds is 1. The molecule has 0 saturated heterocycles. The van der Waals surface area contributed by atoms with Gasteiger partial charge in [-0.15, -0.1) is 0 Å². The number of aromatic nitrogens is 1. The Morgan fingerprint density at radius 2 is 2.04 bits per heavy atom. The highest BCUT2D eigenvalue weighted by atomic mass is 35.5. The molecule has 0 fully saturated rings. The molecule has 2 aromatic carbocycles. The minimum Gasteiger partial charge on any atom is -0.506 e. The lowest BCUT2D eigenvalue weighted by molar-refractivity contribution is 0.480. The first kappa shape index (κ1) is 17.0. The van der Waals surface area contributed by atoms with Gasteiger partial charge in [0, 0.05) is 30.3 Å². The fraction of sp³-hybridized carbons (Fsp3) is 0.200. The minimum atomic E-state index is 0.0118. The molecule has 2 heterocycles. The number of nitrogens with zero attached hydrogens (tertiary/aromatic N) is 3. The highest BCUT2D eigenvalue weighted by molar-refractivity contribution is 6.42. The van der Waals surface area contributed by atoms with Gasteiger partial charge in [0.1, 0.15) is 11.8 Å². The van der Waals surface area contributed by atoms with E-state index >= 15 is 0 Å². The van der Waals surface area contributed by atoms with Gasteiger partial charge in [0.25, 0.3) is 0 Å². The van der Waals surface area contributed by atoms with Crippen molar-refractivity contribution in [1.29, 1.82) is 5.26 Å². The number of hydrogen-bond acceptors (Lipinski definition) is 3. The Hall–Kier alpha value is -2.48. The molecular weight excluding hydrogens is 369 g/mol. The smallest absolute Gasteiger partial charge is 0.143 e. The molecule has 0 spiro atoms. The predicted octanol–water partition coefficient (Wildman–Crippen LogP) is 5.32. The topological polar surface area (TPSA) is 61.3 Å². The lowest BCUT2D eigenvalue weighted by atomic mass is 9.97. The summed E-state index contributed by atoms with van der Waals surface area (Å²) in [7, 11) is 0. The summed E-state index contributed by atoms with van der Waals surface area (Å²) >= 11 is 12.3. The van der Waals surface area contributed by atoms with Gasteiger partial charge in [0.15, 0.2) is 0 Å². The van der Waals surface area contributed by atoms with Gasteiger partial charge in [0.05, 0.1) is 26.8 Å². The SMILES string of the molecule is Cc1c2n(c3c(-c4ccc(Cl)c(Cl)c4)cc(C#N)c(O)c13)CCCN=C2. The number of phenolic OH excluding ortho intramolecular Hbond substituents is 1. The van der Waals surface area contributed by atoms with Crippen molar-refractivity contribution < 1.29 is 5.11 Å². The average Bonchev–Trinajstić information content (AvgIpc) is 2.79. The number of aryl methyl sites for hydroxylation is 2. The molecule has 0 bridgehead atoms. The highest BCUT2D eigenvalue weighted by Gasteiger charge is 2.23. The van der Waals surface area contributed by atoms with Gasteiger partial charge >= 0.3 is 0 Å². The van der Waals surface area contributed by atoms with Crippen LogP contribution in [0.3, 0.4) is 0 Å². The third-order valence-electron chi connectivity index (χ3n) is 4.83. The summed E-state index contributed by atoms with van der Waals surface area (Å²) < 4.78 is 2.17.